The van der Waals surface area contributed by atoms with Gasteiger partial charge in [0.2, 0.25) is 0 Å². The van der Waals surface area contributed by atoms with Crippen molar-refractivity contribution in [2.24, 2.45) is 0 Å². The Labute approximate surface area is 102 Å². The number of carbonyl (C=O) groups is 1. The molecule has 0 spiro atoms. The minimum absolute atomic E-state index is 0.137. The van der Waals surface area contributed by atoms with Gasteiger partial charge in [-0.2, -0.15) is 0 Å². The van der Waals surface area contributed by atoms with Crippen molar-refractivity contribution in [2.75, 3.05) is 0 Å². The summed E-state index contributed by atoms with van der Waals surface area (Å²) in [7, 11) is 0. The molecule has 0 saturated carbocycles. The Hall–Kier alpha value is -2.63. The number of hydrogen-bond acceptors (Lipinski definition) is 5. The van der Waals surface area contributed by atoms with Crippen molar-refractivity contribution in [1.29, 1.82) is 0 Å². The summed E-state index contributed by atoms with van der Waals surface area (Å²) in [5, 5.41) is 10.4. The first-order valence-corrected chi connectivity index (χ1v) is 5.12. The highest BCUT2D eigenvalue weighted by Crippen LogP contribution is 2.16. The number of ether oxygens (including phenoxy) is 1. The highest BCUT2D eigenvalue weighted by Gasteiger charge is 2.13. The van der Waals surface area contributed by atoms with Crippen LogP contribution < -0.4 is 0 Å². The van der Waals surface area contributed by atoms with Crippen molar-refractivity contribution in [3.8, 4) is 0 Å². The van der Waals surface area contributed by atoms with E-state index in [0.29, 0.717) is 5.56 Å². The molecule has 0 aliphatic heterocycles. The largest absolute Gasteiger partial charge is 0.454 e. The third-order valence-corrected chi connectivity index (χ3v) is 2.18. The summed E-state index contributed by atoms with van der Waals surface area (Å²) in [6.07, 6.45) is 0. The maximum absolute atomic E-state index is 11.6. The van der Waals surface area contributed by atoms with Crippen LogP contribution >= 0.6 is 0 Å². The van der Waals surface area contributed by atoms with Crippen molar-refractivity contribution in [3.63, 3.8) is 0 Å². The molecule has 0 N–H and O–H groups in total. The molecule has 6 heteroatoms. The molecule has 1 heterocycles. The van der Waals surface area contributed by atoms with Crippen LogP contribution in [-0.2, 0) is 11.3 Å². The fourth-order valence-corrected chi connectivity index (χ4v) is 1.34. The summed E-state index contributed by atoms with van der Waals surface area (Å²) in [5.41, 5.74) is 0.415. The third-order valence-electron chi connectivity index (χ3n) is 2.18. The van der Waals surface area contributed by atoms with Gasteiger partial charge in [-0.25, -0.2) is 4.79 Å². The zero-order valence-corrected chi connectivity index (χ0v) is 9.24. The van der Waals surface area contributed by atoms with Crippen LogP contribution in [0.25, 0.3) is 0 Å². The van der Waals surface area contributed by atoms with Crippen LogP contribution in [0.15, 0.2) is 46.9 Å². The summed E-state index contributed by atoms with van der Waals surface area (Å²) < 4.78 is 9.81. The molecule has 0 radical (unpaired) electrons. The maximum Gasteiger partial charge on any atom is 0.433 e. The number of carbonyl (C=O) groups excluding carboxylic acids is 1. The van der Waals surface area contributed by atoms with Gasteiger partial charge in [0.1, 0.15) is 17.3 Å². The Bertz CT molecular complexity index is 561. The van der Waals surface area contributed by atoms with Gasteiger partial charge in [-0.3, -0.25) is 10.1 Å². The molecule has 1 aromatic carbocycles. The van der Waals surface area contributed by atoms with Crippen LogP contribution in [0.5, 0.6) is 0 Å². The quantitative estimate of drug-likeness (QED) is 0.471. The average Bonchev–Trinajstić information content (AvgIpc) is 2.86. The fraction of sp³-hybridized carbons (Fsp3) is 0.0833. The van der Waals surface area contributed by atoms with Gasteiger partial charge in [0.05, 0.1) is 11.6 Å². The predicted molar refractivity (Wildman–Crippen MR) is 60.9 cm³/mol. The summed E-state index contributed by atoms with van der Waals surface area (Å²) >= 11 is 0. The van der Waals surface area contributed by atoms with Crippen LogP contribution in [0, 0.1) is 10.1 Å². The minimum atomic E-state index is -0.650. The number of nitrogens with zero attached hydrogens (tertiary/aromatic N) is 1. The Morgan fingerprint density at radius 3 is 2.56 bits per heavy atom. The minimum Gasteiger partial charge on any atom is -0.454 e. The van der Waals surface area contributed by atoms with Crippen molar-refractivity contribution in [2.45, 2.75) is 6.61 Å². The molecule has 0 aliphatic carbocycles. The molecule has 0 bridgehead atoms. The van der Waals surface area contributed by atoms with Gasteiger partial charge in [-0.15, -0.1) is 0 Å². The Balaban J connectivity index is 1.95. The zero-order valence-electron chi connectivity index (χ0n) is 9.24. The normalized spacial score (nSPS) is 10.0. The molecule has 18 heavy (non-hydrogen) atoms. The first-order valence-electron chi connectivity index (χ1n) is 5.12. The molecule has 0 unspecified atom stereocenters. The molecule has 0 amide bonds. The van der Waals surface area contributed by atoms with E-state index in [2.05, 4.69) is 0 Å². The molecule has 0 saturated heterocycles. The number of hydrogen-bond donors (Lipinski definition) is 0. The second-order valence-electron chi connectivity index (χ2n) is 3.44. The molecule has 6 nitrogen and oxygen atoms in total. The number of benzene rings is 1. The van der Waals surface area contributed by atoms with Crippen molar-refractivity contribution in [3.05, 3.63) is 63.9 Å². The van der Waals surface area contributed by atoms with Gasteiger partial charge in [0, 0.05) is 0 Å². The summed E-state index contributed by atoms with van der Waals surface area (Å²) in [6, 6.07) is 11.1. The first-order chi connectivity index (χ1) is 8.66. The topological polar surface area (TPSA) is 82.6 Å². The van der Waals surface area contributed by atoms with Crippen LogP contribution in [0.2, 0.25) is 0 Å². The lowest BCUT2D eigenvalue weighted by atomic mass is 10.2. The van der Waals surface area contributed by atoms with Crippen LogP contribution in [-0.4, -0.2) is 10.9 Å². The highest BCUT2D eigenvalue weighted by molar-refractivity contribution is 5.89. The monoisotopic (exact) mass is 247 g/mol. The average molecular weight is 247 g/mol. The third kappa shape index (κ3) is 2.73. The van der Waals surface area contributed by atoms with Crippen LogP contribution in [0.4, 0.5) is 5.88 Å². The van der Waals surface area contributed by atoms with E-state index >= 15 is 0 Å². The Morgan fingerprint density at radius 2 is 1.94 bits per heavy atom. The highest BCUT2D eigenvalue weighted by atomic mass is 16.6. The van der Waals surface area contributed by atoms with E-state index in [9.17, 15) is 14.9 Å². The Kier molecular flexibility index (Phi) is 3.38. The first kappa shape index (κ1) is 11.8. The molecule has 2 aromatic rings. The van der Waals surface area contributed by atoms with Gasteiger partial charge in [-0.1, -0.05) is 18.2 Å². The van der Waals surface area contributed by atoms with Crippen molar-refractivity contribution >= 4 is 11.9 Å². The van der Waals surface area contributed by atoms with Gasteiger partial charge in [-0.05, 0) is 18.2 Å². The molecule has 92 valence electrons. The van der Waals surface area contributed by atoms with E-state index in [1.165, 1.54) is 12.1 Å². The standard InChI is InChI=1S/C12H9NO5/c14-12(9-4-2-1-3-5-9)17-8-10-6-7-11(18-10)13(15)16/h1-7H,8H2. The van der Waals surface area contributed by atoms with Gasteiger partial charge in [0.25, 0.3) is 0 Å². The molecule has 1 aromatic heterocycles. The number of furan rings is 1. The van der Waals surface area contributed by atoms with E-state index < -0.39 is 10.9 Å². The lowest BCUT2D eigenvalue weighted by Gasteiger charge is -2.01. The van der Waals surface area contributed by atoms with Crippen molar-refractivity contribution in [1.82, 2.24) is 0 Å². The molecular formula is C12H9NO5. The molecule has 0 atom stereocenters. The predicted octanol–water partition coefficient (Wildman–Crippen LogP) is 2.54. The van der Waals surface area contributed by atoms with Crippen LogP contribution in [0.1, 0.15) is 16.1 Å². The Morgan fingerprint density at radius 1 is 1.22 bits per heavy atom. The maximum atomic E-state index is 11.6. The van der Waals surface area contributed by atoms with Crippen molar-refractivity contribution < 1.29 is 18.9 Å². The smallest absolute Gasteiger partial charge is 0.433 e. The summed E-state index contributed by atoms with van der Waals surface area (Å²) in [5.74, 6) is -0.651. The molecule has 0 aliphatic rings. The van der Waals surface area contributed by atoms with E-state index in [1.54, 1.807) is 30.3 Å². The SMILES string of the molecule is O=C(OCc1ccc([N+](=O)[O-])o1)c1ccccc1. The molecule has 2 rings (SSSR count). The lowest BCUT2D eigenvalue weighted by molar-refractivity contribution is -0.402. The lowest BCUT2D eigenvalue weighted by Crippen LogP contribution is -2.04. The molecule has 0 fully saturated rings. The fourth-order valence-electron chi connectivity index (χ4n) is 1.34. The molecular weight excluding hydrogens is 238 g/mol. The zero-order chi connectivity index (χ0) is 13.0. The number of nitro groups is 1. The van der Waals surface area contributed by atoms with E-state index in [-0.39, 0.29) is 18.3 Å². The number of esters is 1. The summed E-state index contributed by atoms with van der Waals surface area (Å²) in [6.45, 7) is -0.137. The summed E-state index contributed by atoms with van der Waals surface area (Å²) in [4.78, 5) is 21.3. The van der Waals surface area contributed by atoms with Crippen LogP contribution in [0.3, 0.4) is 0 Å². The van der Waals surface area contributed by atoms with E-state index in [0.717, 1.165) is 0 Å². The van der Waals surface area contributed by atoms with Gasteiger partial charge >= 0.3 is 11.9 Å². The van der Waals surface area contributed by atoms with Gasteiger partial charge < -0.3 is 9.15 Å². The van der Waals surface area contributed by atoms with E-state index in [1.807, 2.05) is 0 Å². The second kappa shape index (κ2) is 5.13. The second-order valence-corrected chi connectivity index (χ2v) is 3.44. The number of rotatable bonds is 4. The van der Waals surface area contributed by atoms with E-state index in [4.69, 9.17) is 9.15 Å². The van der Waals surface area contributed by atoms with Gasteiger partial charge in [0.15, 0.2) is 0 Å².